The summed E-state index contributed by atoms with van der Waals surface area (Å²) in [5.74, 6) is 1.02. The van der Waals surface area contributed by atoms with E-state index in [9.17, 15) is 0 Å². The van der Waals surface area contributed by atoms with Gasteiger partial charge in [0.2, 0.25) is 0 Å². The molecule has 1 N–H and O–H groups in total. The molecule has 2 aliphatic rings. The molecule has 2 heteroatoms. The van der Waals surface area contributed by atoms with Crippen molar-refractivity contribution in [3.8, 4) is 0 Å². The second-order valence-corrected chi connectivity index (χ2v) is 5.59. The highest BCUT2D eigenvalue weighted by atomic mass is 15.1. The van der Waals surface area contributed by atoms with Crippen molar-refractivity contribution in [2.75, 3.05) is 32.7 Å². The lowest BCUT2D eigenvalue weighted by molar-refractivity contribution is 0.318. The second-order valence-electron chi connectivity index (χ2n) is 5.59. The summed E-state index contributed by atoms with van der Waals surface area (Å²) in [4.78, 5) is 2.65. The SMILES string of the molecule is C(CCN1CCCC1)CC1CCCNCC1. The van der Waals surface area contributed by atoms with E-state index in [1.165, 1.54) is 84.1 Å². The monoisotopic (exact) mass is 224 g/mol. The van der Waals surface area contributed by atoms with Gasteiger partial charge in [-0.3, -0.25) is 0 Å². The van der Waals surface area contributed by atoms with Crippen molar-refractivity contribution in [1.82, 2.24) is 10.2 Å². The summed E-state index contributed by atoms with van der Waals surface area (Å²) in [6.07, 6.45) is 11.5. The van der Waals surface area contributed by atoms with Crippen molar-refractivity contribution >= 4 is 0 Å². The van der Waals surface area contributed by atoms with E-state index in [4.69, 9.17) is 0 Å². The van der Waals surface area contributed by atoms with Crippen LogP contribution in [-0.2, 0) is 0 Å². The summed E-state index contributed by atoms with van der Waals surface area (Å²) >= 11 is 0. The van der Waals surface area contributed by atoms with Gasteiger partial charge in [0.25, 0.3) is 0 Å². The van der Waals surface area contributed by atoms with Gasteiger partial charge in [-0.15, -0.1) is 0 Å². The zero-order valence-electron chi connectivity index (χ0n) is 10.7. The topological polar surface area (TPSA) is 15.3 Å². The molecule has 0 aromatic carbocycles. The largest absolute Gasteiger partial charge is 0.317 e. The fourth-order valence-electron chi connectivity index (χ4n) is 3.15. The number of nitrogens with one attached hydrogen (secondary N) is 1. The fraction of sp³-hybridized carbons (Fsp3) is 1.00. The van der Waals surface area contributed by atoms with Gasteiger partial charge in [0.15, 0.2) is 0 Å². The van der Waals surface area contributed by atoms with E-state index in [0.717, 1.165) is 5.92 Å². The van der Waals surface area contributed by atoms with Crippen LogP contribution in [0.15, 0.2) is 0 Å². The highest BCUT2D eigenvalue weighted by Crippen LogP contribution is 2.20. The van der Waals surface area contributed by atoms with Gasteiger partial charge in [-0.1, -0.05) is 12.8 Å². The van der Waals surface area contributed by atoms with Crippen molar-refractivity contribution in [1.29, 1.82) is 0 Å². The van der Waals surface area contributed by atoms with Crippen LogP contribution in [0.2, 0.25) is 0 Å². The molecule has 2 nitrogen and oxygen atoms in total. The van der Waals surface area contributed by atoms with Gasteiger partial charge in [0.05, 0.1) is 0 Å². The lowest BCUT2D eigenvalue weighted by Gasteiger charge is -2.16. The Bertz CT molecular complexity index is 168. The van der Waals surface area contributed by atoms with Crippen LogP contribution in [0.4, 0.5) is 0 Å². The van der Waals surface area contributed by atoms with Crippen molar-refractivity contribution in [2.24, 2.45) is 5.92 Å². The third-order valence-electron chi connectivity index (χ3n) is 4.23. The van der Waals surface area contributed by atoms with Crippen LogP contribution in [0.25, 0.3) is 0 Å². The summed E-state index contributed by atoms with van der Waals surface area (Å²) < 4.78 is 0. The average Bonchev–Trinajstić information content (AvgIpc) is 2.68. The first-order valence-corrected chi connectivity index (χ1v) is 7.38. The molecule has 0 spiro atoms. The van der Waals surface area contributed by atoms with E-state index in [-0.39, 0.29) is 0 Å². The molecule has 0 amide bonds. The third kappa shape index (κ3) is 4.42. The molecule has 2 saturated heterocycles. The first-order chi connectivity index (χ1) is 7.95. The Morgan fingerprint density at radius 1 is 0.938 bits per heavy atom. The Balaban J connectivity index is 1.49. The lowest BCUT2D eigenvalue weighted by atomic mass is 9.94. The molecule has 0 saturated carbocycles. The Morgan fingerprint density at radius 2 is 1.81 bits per heavy atom. The average molecular weight is 224 g/mol. The van der Waals surface area contributed by atoms with Gasteiger partial charge < -0.3 is 10.2 Å². The standard InChI is InChI=1S/C14H28N2/c1(2-11-16-12-3-4-13-16)6-14-7-5-9-15-10-8-14/h14-15H,1-13H2. The van der Waals surface area contributed by atoms with Crippen LogP contribution in [-0.4, -0.2) is 37.6 Å². The molecule has 1 unspecified atom stereocenters. The predicted octanol–water partition coefficient (Wildman–Crippen LogP) is 2.64. The molecule has 1 atom stereocenters. The van der Waals surface area contributed by atoms with E-state index in [2.05, 4.69) is 10.2 Å². The Hall–Kier alpha value is -0.0800. The van der Waals surface area contributed by atoms with Gasteiger partial charge in [-0.05, 0) is 77.2 Å². The number of unbranched alkanes of at least 4 members (excludes halogenated alkanes) is 1. The van der Waals surface area contributed by atoms with Gasteiger partial charge in [-0.2, -0.15) is 0 Å². The zero-order chi connectivity index (χ0) is 11.1. The van der Waals surface area contributed by atoms with Gasteiger partial charge in [0, 0.05) is 0 Å². The molecule has 2 aliphatic heterocycles. The molecule has 0 aromatic rings. The molecule has 0 aliphatic carbocycles. The number of likely N-dealkylation sites (tertiary alicyclic amines) is 1. The van der Waals surface area contributed by atoms with Gasteiger partial charge in [-0.25, -0.2) is 0 Å². The van der Waals surface area contributed by atoms with E-state index < -0.39 is 0 Å². The van der Waals surface area contributed by atoms with E-state index in [1.807, 2.05) is 0 Å². The summed E-state index contributed by atoms with van der Waals surface area (Å²) in [5.41, 5.74) is 0. The van der Waals surface area contributed by atoms with E-state index in [0.29, 0.717) is 0 Å². The van der Waals surface area contributed by atoms with Crippen LogP contribution < -0.4 is 5.32 Å². The van der Waals surface area contributed by atoms with Gasteiger partial charge >= 0.3 is 0 Å². The quantitative estimate of drug-likeness (QED) is 0.722. The van der Waals surface area contributed by atoms with Crippen molar-refractivity contribution < 1.29 is 0 Å². The number of rotatable bonds is 5. The maximum absolute atomic E-state index is 3.50. The van der Waals surface area contributed by atoms with Crippen molar-refractivity contribution in [3.63, 3.8) is 0 Å². The smallest absolute Gasteiger partial charge is 0.00183 e. The van der Waals surface area contributed by atoms with Crippen LogP contribution in [0, 0.1) is 5.92 Å². The first-order valence-electron chi connectivity index (χ1n) is 7.38. The number of hydrogen-bond donors (Lipinski definition) is 1. The fourth-order valence-corrected chi connectivity index (χ4v) is 3.15. The maximum Gasteiger partial charge on any atom is -0.00183 e. The third-order valence-corrected chi connectivity index (χ3v) is 4.23. The second kappa shape index (κ2) is 7.29. The molecule has 0 bridgehead atoms. The summed E-state index contributed by atoms with van der Waals surface area (Å²) in [7, 11) is 0. The normalized spacial score (nSPS) is 28.1. The van der Waals surface area contributed by atoms with Crippen LogP contribution >= 0.6 is 0 Å². The lowest BCUT2D eigenvalue weighted by Crippen LogP contribution is -2.20. The van der Waals surface area contributed by atoms with Crippen LogP contribution in [0.3, 0.4) is 0 Å². The highest BCUT2D eigenvalue weighted by Gasteiger charge is 2.13. The first kappa shape index (κ1) is 12.4. The van der Waals surface area contributed by atoms with Crippen LogP contribution in [0.1, 0.15) is 51.4 Å². The molecule has 2 rings (SSSR count). The summed E-state index contributed by atoms with van der Waals surface area (Å²) in [5, 5.41) is 3.50. The van der Waals surface area contributed by atoms with E-state index in [1.54, 1.807) is 0 Å². The van der Waals surface area contributed by atoms with Crippen molar-refractivity contribution in [2.45, 2.75) is 51.4 Å². The highest BCUT2D eigenvalue weighted by molar-refractivity contribution is 4.69. The number of hydrogen-bond acceptors (Lipinski definition) is 2. The van der Waals surface area contributed by atoms with E-state index >= 15 is 0 Å². The Morgan fingerprint density at radius 3 is 2.69 bits per heavy atom. The molecule has 0 radical (unpaired) electrons. The summed E-state index contributed by atoms with van der Waals surface area (Å²) in [6, 6.07) is 0. The van der Waals surface area contributed by atoms with Crippen LogP contribution in [0.5, 0.6) is 0 Å². The minimum atomic E-state index is 1.02. The molecule has 2 heterocycles. The molecule has 2 fully saturated rings. The minimum absolute atomic E-state index is 1.02. The Labute approximate surface area is 101 Å². The maximum atomic E-state index is 3.50. The Kier molecular flexibility index (Phi) is 5.64. The summed E-state index contributed by atoms with van der Waals surface area (Å²) in [6.45, 7) is 6.62. The molecular formula is C14H28N2. The van der Waals surface area contributed by atoms with Gasteiger partial charge in [0.1, 0.15) is 0 Å². The molecule has 16 heavy (non-hydrogen) atoms. The molecule has 94 valence electrons. The molecule has 0 aromatic heterocycles. The number of nitrogens with zero attached hydrogens (tertiary/aromatic N) is 1. The zero-order valence-corrected chi connectivity index (χ0v) is 10.7. The predicted molar refractivity (Wildman–Crippen MR) is 69.7 cm³/mol. The minimum Gasteiger partial charge on any atom is -0.317 e. The molecular weight excluding hydrogens is 196 g/mol. The van der Waals surface area contributed by atoms with Crippen molar-refractivity contribution in [3.05, 3.63) is 0 Å².